The summed E-state index contributed by atoms with van der Waals surface area (Å²) >= 11 is 0. The Kier molecular flexibility index (Phi) is 4.55. The molecule has 1 aliphatic heterocycles. The standard InChI is InChI=1S/C14H19N3O3/c1-10(18)17-7-5-11(6-8-17)9-15-13-4-2-3-12(16-13)14(19)20/h2-4,11H,5-9H2,1H3,(H,15,16)(H,19,20). The predicted molar refractivity (Wildman–Crippen MR) is 74.7 cm³/mol. The number of hydrogen-bond donors (Lipinski definition) is 2. The van der Waals surface area contributed by atoms with Gasteiger partial charge in [0.1, 0.15) is 5.82 Å². The molecule has 0 spiro atoms. The minimum absolute atomic E-state index is 0.0430. The maximum absolute atomic E-state index is 11.2. The molecular weight excluding hydrogens is 258 g/mol. The van der Waals surface area contributed by atoms with Crippen LogP contribution in [-0.4, -0.2) is 46.5 Å². The second kappa shape index (κ2) is 6.36. The van der Waals surface area contributed by atoms with Gasteiger partial charge in [-0.3, -0.25) is 4.79 Å². The average molecular weight is 277 g/mol. The highest BCUT2D eigenvalue weighted by Crippen LogP contribution is 2.18. The smallest absolute Gasteiger partial charge is 0.354 e. The highest BCUT2D eigenvalue weighted by atomic mass is 16.4. The van der Waals surface area contributed by atoms with Crippen molar-refractivity contribution >= 4 is 17.7 Å². The van der Waals surface area contributed by atoms with Crippen molar-refractivity contribution in [2.24, 2.45) is 5.92 Å². The molecular formula is C14H19N3O3. The van der Waals surface area contributed by atoms with Crippen LogP contribution in [0.3, 0.4) is 0 Å². The normalized spacial score (nSPS) is 15.9. The fraction of sp³-hybridized carbons (Fsp3) is 0.500. The maximum atomic E-state index is 11.2. The van der Waals surface area contributed by atoms with Crippen molar-refractivity contribution in [2.45, 2.75) is 19.8 Å². The number of carbonyl (C=O) groups excluding carboxylic acids is 1. The third kappa shape index (κ3) is 3.69. The zero-order valence-corrected chi connectivity index (χ0v) is 11.5. The third-order valence-corrected chi connectivity index (χ3v) is 3.60. The SMILES string of the molecule is CC(=O)N1CCC(CNc2cccc(C(=O)O)n2)CC1. The number of aromatic carboxylic acids is 1. The molecule has 0 aliphatic carbocycles. The van der Waals surface area contributed by atoms with E-state index >= 15 is 0 Å². The molecule has 6 nitrogen and oxygen atoms in total. The Bertz CT molecular complexity index is 496. The highest BCUT2D eigenvalue weighted by Gasteiger charge is 2.20. The summed E-state index contributed by atoms with van der Waals surface area (Å²) in [4.78, 5) is 27.9. The number of pyridine rings is 1. The Hall–Kier alpha value is -2.11. The number of likely N-dealkylation sites (tertiary alicyclic amines) is 1. The molecule has 1 amide bonds. The first kappa shape index (κ1) is 14.3. The number of aromatic nitrogens is 1. The maximum Gasteiger partial charge on any atom is 0.354 e. The molecule has 0 radical (unpaired) electrons. The van der Waals surface area contributed by atoms with Gasteiger partial charge in [0.25, 0.3) is 0 Å². The van der Waals surface area contributed by atoms with Crippen molar-refractivity contribution < 1.29 is 14.7 Å². The van der Waals surface area contributed by atoms with Gasteiger partial charge >= 0.3 is 5.97 Å². The molecule has 1 aliphatic rings. The van der Waals surface area contributed by atoms with E-state index in [2.05, 4.69) is 10.3 Å². The largest absolute Gasteiger partial charge is 0.477 e. The number of anilines is 1. The zero-order valence-electron chi connectivity index (χ0n) is 11.5. The van der Waals surface area contributed by atoms with Gasteiger partial charge in [-0.05, 0) is 30.9 Å². The van der Waals surface area contributed by atoms with Crippen molar-refractivity contribution in [3.8, 4) is 0 Å². The van der Waals surface area contributed by atoms with Crippen LogP contribution < -0.4 is 5.32 Å². The number of piperidine rings is 1. The Morgan fingerprint density at radius 1 is 1.40 bits per heavy atom. The lowest BCUT2D eigenvalue weighted by Gasteiger charge is -2.31. The number of nitrogens with zero attached hydrogens (tertiary/aromatic N) is 2. The van der Waals surface area contributed by atoms with Crippen molar-refractivity contribution in [1.29, 1.82) is 0 Å². The van der Waals surface area contributed by atoms with Crippen molar-refractivity contribution in [3.63, 3.8) is 0 Å². The Labute approximate surface area is 117 Å². The first-order valence-electron chi connectivity index (χ1n) is 6.76. The molecule has 2 N–H and O–H groups in total. The van der Waals surface area contributed by atoms with Gasteiger partial charge in [0.2, 0.25) is 5.91 Å². The van der Waals surface area contributed by atoms with Crippen LogP contribution in [0.4, 0.5) is 5.82 Å². The molecule has 1 aromatic heterocycles. The molecule has 0 aromatic carbocycles. The van der Waals surface area contributed by atoms with Crippen LogP contribution in [0.15, 0.2) is 18.2 Å². The molecule has 0 unspecified atom stereocenters. The van der Waals surface area contributed by atoms with Gasteiger partial charge in [-0.1, -0.05) is 6.07 Å². The van der Waals surface area contributed by atoms with Crippen molar-refractivity contribution in [1.82, 2.24) is 9.88 Å². The summed E-state index contributed by atoms with van der Waals surface area (Å²) < 4.78 is 0. The fourth-order valence-corrected chi connectivity index (χ4v) is 2.35. The first-order valence-corrected chi connectivity index (χ1v) is 6.76. The van der Waals surface area contributed by atoms with Gasteiger partial charge in [-0.25, -0.2) is 9.78 Å². The summed E-state index contributed by atoms with van der Waals surface area (Å²) in [5.41, 5.74) is 0.0430. The number of amides is 1. The van der Waals surface area contributed by atoms with Crippen LogP contribution in [0.5, 0.6) is 0 Å². The third-order valence-electron chi connectivity index (χ3n) is 3.60. The van der Waals surface area contributed by atoms with E-state index in [0.29, 0.717) is 11.7 Å². The second-order valence-corrected chi connectivity index (χ2v) is 5.04. The lowest BCUT2D eigenvalue weighted by Crippen LogP contribution is -2.38. The van der Waals surface area contributed by atoms with E-state index < -0.39 is 5.97 Å². The van der Waals surface area contributed by atoms with E-state index in [1.54, 1.807) is 19.1 Å². The highest BCUT2D eigenvalue weighted by molar-refractivity contribution is 5.85. The number of carboxylic acid groups (broad SMARTS) is 1. The Morgan fingerprint density at radius 2 is 2.10 bits per heavy atom. The van der Waals surface area contributed by atoms with E-state index in [1.165, 1.54) is 6.07 Å². The van der Waals surface area contributed by atoms with Gasteiger partial charge in [-0.2, -0.15) is 0 Å². The molecule has 2 rings (SSSR count). The molecule has 6 heteroatoms. The number of nitrogens with one attached hydrogen (secondary N) is 1. The summed E-state index contributed by atoms with van der Waals surface area (Å²) in [6.45, 7) is 3.94. The van der Waals surface area contributed by atoms with E-state index in [-0.39, 0.29) is 11.6 Å². The number of rotatable bonds is 4. The van der Waals surface area contributed by atoms with Gasteiger partial charge in [-0.15, -0.1) is 0 Å². The van der Waals surface area contributed by atoms with Gasteiger partial charge in [0.15, 0.2) is 5.69 Å². The van der Waals surface area contributed by atoms with Gasteiger partial charge < -0.3 is 15.3 Å². The van der Waals surface area contributed by atoms with Crippen LogP contribution in [0.2, 0.25) is 0 Å². The average Bonchev–Trinajstić information content (AvgIpc) is 2.46. The number of carbonyl (C=O) groups is 2. The van der Waals surface area contributed by atoms with Crippen LogP contribution in [0.25, 0.3) is 0 Å². The second-order valence-electron chi connectivity index (χ2n) is 5.04. The molecule has 0 bridgehead atoms. The summed E-state index contributed by atoms with van der Waals surface area (Å²) in [6.07, 6.45) is 1.93. The van der Waals surface area contributed by atoms with Crippen LogP contribution in [-0.2, 0) is 4.79 Å². The van der Waals surface area contributed by atoms with E-state index in [0.717, 1.165) is 32.5 Å². The summed E-state index contributed by atoms with van der Waals surface area (Å²) in [7, 11) is 0. The Morgan fingerprint density at radius 3 is 2.70 bits per heavy atom. The Balaban J connectivity index is 1.83. The summed E-state index contributed by atoms with van der Waals surface area (Å²) in [5.74, 6) is 0.176. The minimum Gasteiger partial charge on any atom is -0.477 e. The first-order chi connectivity index (χ1) is 9.56. The summed E-state index contributed by atoms with van der Waals surface area (Å²) in [6, 6.07) is 4.91. The zero-order chi connectivity index (χ0) is 14.5. The van der Waals surface area contributed by atoms with Crippen LogP contribution in [0, 0.1) is 5.92 Å². The van der Waals surface area contributed by atoms with Gasteiger partial charge in [0, 0.05) is 26.6 Å². The molecule has 20 heavy (non-hydrogen) atoms. The molecule has 1 aromatic rings. The quantitative estimate of drug-likeness (QED) is 0.870. The topological polar surface area (TPSA) is 82.5 Å². The van der Waals surface area contributed by atoms with Crippen molar-refractivity contribution in [2.75, 3.05) is 25.0 Å². The van der Waals surface area contributed by atoms with E-state index in [1.807, 2.05) is 4.90 Å². The molecule has 1 saturated heterocycles. The molecule has 0 atom stereocenters. The molecule has 108 valence electrons. The number of carboxylic acids is 1. The molecule has 1 fully saturated rings. The number of hydrogen-bond acceptors (Lipinski definition) is 4. The predicted octanol–water partition coefficient (Wildman–Crippen LogP) is 1.45. The summed E-state index contributed by atoms with van der Waals surface area (Å²) in [5, 5.41) is 12.1. The van der Waals surface area contributed by atoms with Gasteiger partial charge in [0.05, 0.1) is 0 Å². The van der Waals surface area contributed by atoms with E-state index in [9.17, 15) is 9.59 Å². The van der Waals surface area contributed by atoms with Crippen LogP contribution in [0.1, 0.15) is 30.3 Å². The van der Waals surface area contributed by atoms with Crippen molar-refractivity contribution in [3.05, 3.63) is 23.9 Å². The molecule has 2 heterocycles. The lowest BCUT2D eigenvalue weighted by atomic mass is 9.97. The molecule has 0 saturated carbocycles. The van der Waals surface area contributed by atoms with E-state index in [4.69, 9.17) is 5.11 Å². The fourth-order valence-electron chi connectivity index (χ4n) is 2.35. The van der Waals surface area contributed by atoms with Crippen LogP contribution >= 0.6 is 0 Å². The minimum atomic E-state index is -1.02. The monoisotopic (exact) mass is 277 g/mol. The lowest BCUT2D eigenvalue weighted by molar-refractivity contribution is -0.130.